The van der Waals surface area contributed by atoms with Crippen LogP contribution >= 0.6 is 23.2 Å². The van der Waals surface area contributed by atoms with Gasteiger partial charge < -0.3 is 10.2 Å². The Balaban J connectivity index is 1.51. The van der Waals surface area contributed by atoms with Crippen molar-refractivity contribution in [2.45, 2.75) is 31.2 Å². The molecule has 0 spiro atoms. The molecule has 0 bridgehead atoms. The van der Waals surface area contributed by atoms with Gasteiger partial charge in [0.15, 0.2) is 0 Å². The van der Waals surface area contributed by atoms with Crippen LogP contribution in [0.15, 0.2) is 47.6 Å². The predicted molar refractivity (Wildman–Crippen MR) is 117 cm³/mol. The minimum atomic E-state index is -4.81. The number of amides is 2. The van der Waals surface area contributed by atoms with Gasteiger partial charge >= 0.3 is 6.18 Å². The molecule has 34 heavy (non-hydrogen) atoms. The number of oxime groups is 1. The monoisotopic (exact) mass is 515 g/mol. The van der Waals surface area contributed by atoms with Crippen LogP contribution in [0.1, 0.15) is 34.8 Å². The van der Waals surface area contributed by atoms with Crippen molar-refractivity contribution >= 4 is 40.7 Å². The van der Waals surface area contributed by atoms with E-state index in [1.165, 1.54) is 30.3 Å². The van der Waals surface area contributed by atoms with Crippen molar-refractivity contribution < 1.29 is 32.4 Å². The van der Waals surface area contributed by atoms with Crippen molar-refractivity contribution in [2.24, 2.45) is 5.16 Å². The predicted octanol–water partition coefficient (Wildman–Crippen LogP) is 4.47. The topological polar surface area (TPSA) is 80.2 Å². The average Bonchev–Trinajstić information content (AvgIpc) is 3.38. The molecule has 0 saturated carbocycles. The second-order valence-electron chi connectivity index (χ2n) is 7.72. The Bertz CT molecular complexity index is 1140. The van der Waals surface area contributed by atoms with Gasteiger partial charge in [0.25, 0.3) is 17.4 Å². The van der Waals surface area contributed by atoms with Gasteiger partial charge in [-0.2, -0.15) is 13.2 Å². The number of benzene rings is 2. The highest BCUT2D eigenvalue weighted by Crippen LogP contribution is 2.49. The Kier molecular flexibility index (Phi) is 6.50. The van der Waals surface area contributed by atoms with Gasteiger partial charge in [-0.25, -0.2) is 5.06 Å². The molecule has 2 aromatic carbocycles. The molecule has 2 aromatic rings. The molecule has 12 heteroatoms. The van der Waals surface area contributed by atoms with Gasteiger partial charge in [0.2, 0.25) is 0 Å². The molecule has 4 rings (SSSR count). The first-order chi connectivity index (χ1) is 16.0. The number of carbonyl (C=O) groups is 2. The van der Waals surface area contributed by atoms with Crippen LogP contribution in [-0.4, -0.2) is 48.0 Å². The molecule has 2 amide bonds. The zero-order valence-corrected chi connectivity index (χ0v) is 19.2. The molecule has 2 unspecified atom stereocenters. The van der Waals surface area contributed by atoms with E-state index in [0.717, 1.165) is 17.2 Å². The van der Waals surface area contributed by atoms with E-state index >= 15 is 0 Å². The van der Waals surface area contributed by atoms with Gasteiger partial charge in [-0.3, -0.25) is 14.4 Å². The smallest absolute Gasteiger partial charge is 0.374 e. The summed E-state index contributed by atoms with van der Waals surface area (Å²) in [7, 11) is 0. The molecular formula is C22H18Cl2F3N3O4. The maximum atomic E-state index is 14.1. The van der Waals surface area contributed by atoms with Crippen LogP contribution in [0.2, 0.25) is 10.0 Å². The molecule has 2 atom stereocenters. The van der Waals surface area contributed by atoms with E-state index in [1.54, 1.807) is 6.92 Å². The van der Waals surface area contributed by atoms with Crippen molar-refractivity contribution in [2.75, 3.05) is 13.2 Å². The molecule has 1 N–H and O–H groups in total. The number of nitrogens with zero attached hydrogens (tertiary/aromatic N) is 2. The zero-order chi connectivity index (χ0) is 24.7. The Morgan fingerprint density at radius 3 is 2.41 bits per heavy atom. The van der Waals surface area contributed by atoms with E-state index in [-0.39, 0.29) is 39.4 Å². The number of carbonyl (C=O) groups excluding carboxylic acids is 2. The first-order valence-electron chi connectivity index (χ1n) is 10.2. The van der Waals surface area contributed by atoms with Crippen molar-refractivity contribution in [1.29, 1.82) is 0 Å². The number of alkyl halides is 3. The van der Waals surface area contributed by atoms with Crippen LogP contribution < -0.4 is 5.32 Å². The summed E-state index contributed by atoms with van der Waals surface area (Å²) >= 11 is 11.8. The fraction of sp³-hybridized carbons (Fsp3) is 0.318. The number of nitrogens with one attached hydrogen (secondary N) is 1. The molecule has 0 aromatic heterocycles. The summed E-state index contributed by atoms with van der Waals surface area (Å²) in [6.45, 7) is 2.12. The normalized spacial score (nSPS) is 22.5. The highest BCUT2D eigenvalue weighted by molar-refractivity contribution is 6.34. The van der Waals surface area contributed by atoms with Gasteiger partial charge in [-0.05, 0) is 42.8 Å². The molecule has 0 radical (unpaired) electrons. The third-order valence-electron chi connectivity index (χ3n) is 5.53. The Morgan fingerprint density at radius 2 is 1.85 bits per heavy atom. The van der Waals surface area contributed by atoms with E-state index in [9.17, 15) is 22.8 Å². The lowest BCUT2D eigenvalue weighted by Gasteiger charge is -2.29. The summed E-state index contributed by atoms with van der Waals surface area (Å²) in [4.78, 5) is 34.7. The zero-order valence-electron chi connectivity index (χ0n) is 17.7. The molecule has 2 aliphatic rings. The quantitative estimate of drug-likeness (QED) is 0.637. The van der Waals surface area contributed by atoms with E-state index in [4.69, 9.17) is 32.9 Å². The Labute approximate surface area is 202 Å². The SMILES string of the molecule is CCN1OCC(NC(=O)c2ccc(C3=NOC(c4cc(Cl)cc(Cl)c4)(C(F)(F)F)C3)cc2)C1=O. The molecule has 7 nitrogen and oxygen atoms in total. The molecule has 0 aliphatic carbocycles. The summed E-state index contributed by atoms with van der Waals surface area (Å²) in [5.74, 6) is -0.871. The van der Waals surface area contributed by atoms with Crippen LogP contribution in [0, 0.1) is 0 Å². The number of halogens is 5. The van der Waals surface area contributed by atoms with Crippen molar-refractivity contribution in [3.63, 3.8) is 0 Å². The Hall–Kier alpha value is -2.82. The summed E-state index contributed by atoms with van der Waals surface area (Å²) in [6, 6.07) is 8.56. The molecular weight excluding hydrogens is 498 g/mol. The standard InChI is InChI=1S/C22H18Cl2F3N3O4/c1-2-30-20(32)18(11-33-30)28-19(31)13-5-3-12(4-6-13)17-10-21(34-29-17,22(25,26)27)14-7-15(23)9-16(24)8-14/h3-9,18H,2,10-11H2,1H3,(H,28,31). The Morgan fingerprint density at radius 1 is 1.21 bits per heavy atom. The van der Waals surface area contributed by atoms with Gasteiger partial charge in [-0.1, -0.05) is 40.5 Å². The third kappa shape index (κ3) is 4.45. The molecule has 2 heterocycles. The first-order valence-corrected chi connectivity index (χ1v) is 10.9. The van der Waals surface area contributed by atoms with Gasteiger partial charge in [-0.15, -0.1) is 0 Å². The lowest BCUT2D eigenvalue weighted by Crippen LogP contribution is -2.42. The van der Waals surface area contributed by atoms with Crippen LogP contribution in [0.4, 0.5) is 13.2 Å². The average molecular weight is 516 g/mol. The number of likely N-dealkylation sites (N-methyl/N-ethyl adjacent to an activating group) is 1. The highest BCUT2D eigenvalue weighted by Gasteiger charge is 2.62. The first kappa shape index (κ1) is 24.3. The third-order valence-corrected chi connectivity index (χ3v) is 5.97. The highest BCUT2D eigenvalue weighted by atomic mass is 35.5. The van der Waals surface area contributed by atoms with Gasteiger partial charge in [0.1, 0.15) is 12.6 Å². The molecule has 2 aliphatic heterocycles. The second-order valence-corrected chi connectivity index (χ2v) is 8.59. The van der Waals surface area contributed by atoms with Gasteiger partial charge in [0, 0.05) is 34.1 Å². The molecule has 1 fully saturated rings. The van der Waals surface area contributed by atoms with E-state index in [0.29, 0.717) is 12.1 Å². The number of hydroxylamine groups is 2. The minimum Gasteiger partial charge on any atom is -0.374 e. The summed E-state index contributed by atoms with van der Waals surface area (Å²) < 4.78 is 42.4. The van der Waals surface area contributed by atoms with Crippen LogP contribution in [-0.2, 0) is 20.1 Å². The summed E-state index contributed by atoms with van der Waals surface area (Å²) in [5, 5.41) is 7.50. The van der Waals surface area contributed by atoms with E-state index < -0.39 is 30.1 Å². The number of hydrogen-bond acceptors (Lipinski definition) is 5. The van der Waals surface area contributed by atoms with Crippen LogP contribution in [0.3, 0.4) is 0 Å². The van der Waals surface area contributed by atoms with Gasteiger partial charge in [0.05, 0.1) is 5.71 Å². The van der Waals surface area contributed by atoms with Crippen molar-refractivity contribution in [3.8, 4) is 0 Å². The lowest BCUT2D eigenvalue weighted by atomic mass is 9.86. The maximum Gasteiger partial charge on any atom is 0.435 e. The fourth-order valence-electron chi connectivity index (χ4n) is 3.72. The van der Waals surface area contributed by atoms with Crippen molar-refractivity contribution in [3.05, 3.63) is 69.2 Å². The van der Waals surface area contributed by atoms with Crippen LogP contribution in [0.5, 0.6) is 0 Å². The molecule has 1 saturated heterocycles. The summed E-state index contributed by atoms with van der Waals surface area (Å²) in [5.41, 5.74) is -2.42. The maximum absolute atomic E-state index is 14.1. The molecule has 180 valence electrons. The van der Waals surface area contributed by atoms with Crippen molar-refractivity contribution in [1.82, 2.24) is 10.4 Å². The number of rotatable bonds is 5. The largest absolute Gasteiger partial charge is 0.435 e. The minimum absolute atomic E-state index is 0.0255. The van der Waals surface area contributed by atoms with Crippen LogP contribution in [0.25, 0.3) is 0 Å². The van der Waals surface area contributed by atoms with E-state index in [2.05, 4.69) is 10.5 Å². The lowest BCUT2D eigenvalue weighted by molar-refractivity contribution is -0.275. The number of hydrogen-bond donors (Lipinski definition) is 1. The second kappa shape index (κ2) is 9.09. The summed E-state index contributed by atoms with van der Waals surface area (Å²) in [6.07, 6.45) is -5.42. The fourth-order valence-corrected chi connectivity index (χ4v) is 4.25. The van der Waals surface area contributed by atoms with E-state index in [1.807, 2.05) is 0 Å².